The van der Waals surface area contributed by atoms with E-state index in [-0.39, 0.29) is 5.41 Å². The SMILES string of the molecule is CCCCCCCCCCC1(CO)CCCNC1. The molecule has 2 heteroatoms. The average molecular weight is 255 g/mol. The highest BCUT2D eigenvalue weighted by molar-refractivity contribution is 4.84. The molecule has 1 unspecified atom stereocenters. The molecule has 0 bridgehead atoms. The second kappa shape index (κ2) is 9.80. The summed E-state index contributed by atoms with van der Waals surface area (Å²) in [6.45, 7) is 4.81. The first kappa shape index (κ1) is 16.0. The second-order valence-corrected chi connectivity index (χ2v) is 6.16. The van der Waals surface area contributed by atoms with Gasteiger partial charge in [0.2, 0.25) is 0 Å². The highest BCUT2D eigenvalue weighted by Crippen LogP contribution is 2.31. The Balaban J connectivity index is 1.98. The van der Waals surface area contributed by atoms with Gasteiger partial charge >= 0.3 is 0 Å². The van der Waals surface area contributed by atoms with Gasteiger partial charge in [-0.25, -0.2) is 0 Å². The molecule has 0 aromatic heterocycles. The number of aliphatic hydroxyl groups is 1. The van der Waals surface area contributed by atoms with Crippen molar-refractivity contribution in [1.29, 1.82) is 0 Å². The van der Waals surface area contributed by atoms with E-state index in [0.29, 0.717) is 6.61 Å². The van der Waals surface area contributed by atoms with Gasteiger partial charge in [0, 0.05) is 18.6 Å². The Morgan fingerprint density at radius 2 is 1.67 bits per heavy atom. The van der Waals surface area contributed by atoms with Gasteiger partial charge in [-0.05, 0) is 25.8 Å². The molecule has 1 aliphatic heterocycles. The highest BCUT2D eigenvalue weighted by atomic mass is 16.3. The van der Waals surface area contributed by atoms with Crippen molar-refractivity contribution in [2.24, 2.45) is 5.41 Å². The van der Waals surface area contributed by atoms with E-state index in [1.165, 1.54) is 70.6 Å². The lowest BCUT2D eigenvalue weighted by molar-refractivity contribution is 0.0830. The van der Waals surface area contributed by atoms with E-state index in [1.54, 1.807) is 0 Å². The standard InChI is InChI=1S/C16H33NO/c1-2-3-4-5-6-7-8-9-11-16(15-18)12-10-13-17-14-16/h17-18H,2-15H2,1H3. The number of rotatable bonds is 10. The van der Waals surface area contributed by atoms with Crippen LogP contribution in [0.3, 0.4) is 0 Å². The molecule has 1 atom stereocenters. The van der Waals surface area contributed by atoms with Crippen LogP contribution in [0, 0.1) is 5.41 Å². The third-order valence-electron chi connectivity index (χ3n) is 4.46. The molecule has 18 heavy (non-hydrogen) atoms. The number of hydrogen-bond acceptors (Lipinski definition) is 2. The van der Waals surface area contributed by atoms with Crippen molar-refractivity contribution < 1.29 is 5.11 Å². The molecular weight excluding hydrogens is 222 g/mol. The molecule has 1 aliphatic rings. The monoisotopic (exact) mass is 255 g/mol. The molecule has 0 radical (unpaired) electrons. The van der Waals surface area contributed by atoms with Crippen molar-refractivity contribution in [2.75, 3.05) is 19.7 Å². The van der Waals surface area contributed by atoms with Crippen LogP contribution in [0.1, 0.15) is 77.6 Å². The molecule has 2 nitrogen and oxygen atoms in total. The van der Waals surface area contributed by atoms with Crippen LogP contribution in [-0.4, -0.2) is 24.8 Å². The maximum Gasteiger partial charge on any atom is 0.0499 e. The molecule has 1 rings (SSSR count). The Hall–Kier alpha value is -0.0800. The van der Waals surface area contributed by atoms with Crippen LogP contribution in [0.2, 0.25) is 0 Å². The van der Waals surface area contributed by atoms with Gasteiger partial charge < -0.3 is 10.4 Å². The quantitative estimate of drug-likeness (QED) is 0.581. The average Bonchev–Trinajstić information content (AvgIpc) is 2.43. The molecule has 0 saturated carbocycles. The maximum atomic E-state index is 9.60. The van der Waals surface area contributed by atoms with Crippen molar-refractivity contribution in [3.05, 3.63) is 0 Å². The van der Waals surface area contributed by atoms with Crippen LogP contribution in [0.25, 0.3) is 0 Å². The van der Waals surface area contributed by atoms with Gasteiger partial charge in [0.15, 0.2) is 0 Å². The summed E-state index contributed by atoms with van der Waals surface area (Å²) in [5.41, 5.74) is 0.209. The van der Waals surface area contributed by atoms with Gasteiger partial charge in [-0.3, -0.25) is 0 Å². The van der Waals surface area contributed by atoms with E-state index in [0.717, 1.165) is 13.1 Å². The van der Waals surface area contributed by atoms with Crippen molar-refractivity contribution >= 4 is 0 Å². The summed E-state index contributed by atoms with van der Waals surface area (Å²) < 4.78 is 0. The zero-order valence-corrected chi connectivity index (χ0v) is 12.3. The molecule has 0 spiro atoms. The molecule has 0 aliphatic carbocycles. The van der Waals surface area contributed by atoms with E-state index >= 15 is 0 Å². The van der Waals surface area contributed by atoms with E-state index in [1.807, 2.05) is 0 Å². The van der Waals surface area contributed by atoms with Crippen LogP contribution in [0.5, 0.6) is 0 Å². The van der Waals surface area contributed by atoms with Gasteiger partial charge in [-0.15, -0.1) is 0 Å². The van der Waals surface area contributed by atoms with Crippen LogP contribution >= 0.6 is 0 Å². The van der Waals surface area contributed by atoms with E-state index in [4.69, 9.17) is 0 Å². The van der Waals surface area contributed by atoms with Gasteiger partial charge in [-0.2, -0.15) is 0 Å². The summed E-state index contributed by atoms with van der Waals surface area (Å²) in [5, 5.41) is 13.0. The summed E-state index contributed by atoms with van der Waals surface area (Å²) >= 11 is 0. The minimum Gasteiger partial charge on any atom is -0.396 e. The van der Waals surface area contributed by atoms with Crippen LogP contribution < -0.4 is 5.32 Å². The fourth-order valence-corrected chi connectivity index (χ4v) is 3.09. The number of hydrogen-bond donors (Lipinski definition) is 2. The largest absolute Gasteiger partial charge is 0.396 e. The molecule has 1 saturated heterocycles. The molecule has 108 valence electrons. The molecule has 0 aromatic rings. The molecule has 1 fully saturated rings. The lowest BCUT2D eigenvalue weighted by Gasteiger charge is -2.36. The fourth-order valence-electron chi connectivity index (χ4n) is 3.09. The summed E-state index contributed by atoms with van der Waals surface area (Å²) in [7, 11) is 0. The Kier molecular flexibility index (Phi) is 8.70. The summed E-state index contributed by atoms with van der Waals surface area (Å²) in [6.07, 6.45) is 14.7. The highest BCUT2D eigenvalue weighted by Gasteiger charge is 2.30. The Morgan fingerprint density at radius 3 is 2.22 bits per heavy atom. The third-order valence-corrected chi connectivity index (χ3v) is 4.46. The summed E-state index contributed by atoms with van der Waals surface area (Å²) in [4.78, 5) is 0. The number of aliphatic hydroxyl groups excluding tert-OH is 1. The number of piperidine rings is 1. The zero-order chi connectivity index (χ0) is 13.1. The van der Waals surface area contributed by atoms with Crippen LogP contribution in [0.15, 0.2) is 0 Å². The maximum absolute atomic E-state index is 9.60. The zero-order valence-electron chi connectivity index (χ0n) is 12.3. The van der Waals surface area contributed by atoms with E-state index in [9.17, 15) is 5.11 Å². The second-order valence-electron chi connectivity index (χ2n) is 6.16. The summed E-state index contributed by atoms with van der Waals surface area (Å²) in [6, 6.07) is 0. The lowest BCUT2D eigenvalue weighted by Crippen LogP contribution is -2.42. The molecular formula is C16H33NO. The smallest absolute Gasteiger partial charge is 0.0499 e. The normalized spacial score (nSPS) is 24.3. The van der Waals surface area contributed by atoms with Crippen molar-refractivity contribution in [2.45, 2.75) is 77.6 Å². The lowest BCUT2D eigenvalue weighted by atomic mass is 9.77. The number of unbranched alkanes of at least 4 members (excludes halogenated alkanes) is 7. The fraction of sp³-hybridized carbons (Fsp3) is 1.00. The molecule has 0 aromatic carbocycles. The first-order valence-electron chi connectivity index (χ1n) is 8.14. The Bertz CT molecular complexity index is 188. The van der Waals surface area contributed by atoms with Gasteiger partial charge in [0.25, 0.3) is 0 Å². The minimum atomic E-state index is 0.209. The first-order chi connectivity index (χ1) is 8.83. The van der Waals surface area contributed by atoms with Crippen LogP contribution in [-0.2, 0) is 0 Å². The predicted molar refractivity (Wildman–Crippen MR) is 78.8 cm³/mol. The topological polar surface area (TPSA) is 32.3 Å². The Labute approximate surface area is 114 Å². The molecule has 2 N–H and O–H groups in total. The van der Waals surface area contributed by atoms with Crippen molar-refractivity contribution in [1.82, 2.24) is 5.32 Å². The van der Waals surface area contributed by atoms with E-state index < -0.39 is 0 Å². The first-order valence-corrected chi connectivity index (χ1v) is 8.14. The van der Waals surface area contributed by atoms with Gasteiger partial charge in [0.1, 0.15) is 0 Å². The Morgan fingerprint density at radius 1 is 1.00 bits per heavy atom. The summed E-state index contributed by atoms with van der Waals surface area (Å²) in [5.74, 6) is 0. The third kappa shape index (κ3) is 6.19. The predicted octanol–water partition coefficient (Wildman–Crippen LogP) is 3.88. The van der Waals surface area contributed by atoms with Crippen molar-refractivity contribution in [3.63, 3.8) is 0 Å². The number of nitrogens with one attached hydrogen (secondary N) is 1. The van der Waals surface area contributed by atoms with E-state index in [2.05, 4.69) is 12.2 Å². The minimum absolute atomic E-state index is 0.209. The van der Waals surface area contributed by atoms with Crippen LogP contribution in [0.4, 0.5) is 0 Å². The molecule has 0 amide bonds. The van der Waals surface area contributed by atoms with Gasteiger partial charge in [-0.1, -0.05) is 58.3 Å². The van der Waals surface area contributed by atoms with Gasteiger partial charge in [0.05, 0.1) is 0 Å². The molecule has 1 heterocycles. The van der Waals surface area contributed by atoms with Crippen molar-refractivity contribution in [3.8, 4) is 0 Å².